The number of pyridine rings is 1. The average Bonchev–Trinajstić information content (AvgIpc) is 3.00. The van der Waals surface area contributed by atoms with E-state index in [1.54, 1.807) is 6.07 Å². The second kappa shape index (κ2) is 6.76. The van der Waals surface area contributed by atoms with Crippen molar-refractivity contribution in [3.8, 4) is 0 Å². The van der Waals surface area contributed by atoms with Gasteiger partial charge in [0, 0.05) is 25.0 Å². The van der Waals surface area contributed by atoms with Gasteiger partial charge in [0.1, 0.15) is 10.5 Å². The molecule has 1 unspecified atom stereocenters. The van der Waals surface area contributed by atoms with Crippen LogP contribution in [-0.4, -0.2) is 31.0 Å². The minimum atomic E-state index is -3.71. The van der Waals surface area contributed by atoms with Gasteiger partial charge in [-0.2, -0.15) is 0 Å². The maximum atomic E-state index is 12.8. The highest BCUT2D eigenvalue weighted by Gasteiger charge is 2.29. The Hall–Kier alpha value is -1.15. The molecule has 1 saturated carbocycles. The second-order valence-electron chi connectivity index (χ2n) is 6.03. The summed E-state index contributed by atoms with van der Waals surface area (Å²) in [6.45, 7) is 0.290. The number of fused-ring (bicyclic) bond motifs is 1. The maximum absolute atomic E-state index is 12.8. The smallest absolute Gasteiger partial charge is 0.243 e. The second-order valence-corrected chi connectivity index (χ2v) is 8.12. The molecule has 1 atom stereocenters. The van der Waals surface area contributed by atoms with Gasteiger partial charge in [-0.15, -0.1) is 0 Å². The topological polar surface area (TPSA) is 101 Å². The predicted octanol–water partition coefficient (Wildman–Crippen LogP) is 2.40. The van der Waals surface area contributed by atoms with E-state index in [1.807, 2.05) is 0 Å². The van der Waals surface area contributed by atoms with E-state index in [-0.39, 0.29) is 17.5 Å². The number of nitrogens with zero attached hydrogens (tertiary/aromatic N) is 1. The number of hydrogen-bond acceptors (Lipinski definition) is 4. The van der Waals surface area contributed by atoms with E-state index in [0.717, 1.165) is 25.7 Å². The van der Waals surface area contributed by atoms with Crippen LogP contribution < -0.4 is 10.5 Å². The van der Waals surface area contributed by atoms with Gasteiger partial charge in [-0.05, 0) is 24.8 Å². The molecule has 3 rings (SSSR count). The highest BCUT2D eigenvalue weighted by Crippen LogP contribution is 2.30. The molecule has 1 fully saturated rings. The molecule has 0 aliphatic heterocycles. The third-order valence-electron chi connectivity index (χ3n) is 4.56. The van der Waals surface area contributed by atoms with Crippen molar-refractivity contribution < 1.29 is 8.42 Å². The Balaban J connectivity index is 1.90. The molecule has 1 aliphatic carbocycles. The van der Waals surface area contributed by atoms with Gasteiger partial charge >= 0.3 is 0 Å². The number of hydrogen-bond donors (Lipinski definition) is 3. The molecule has 0 spiro atoms. The summed E-state index contributed by atoms with van der Waals surface area (Å²) in [5.41, 5.74) is 6.29. The number of H-pyrrole nitrogens is 1. The molecule has 0 aromatic carbocycles. The molecule has 2 heterocycles. The number of halogens is 1. The normalized spacial score (nSPS) is 18.3. The first-order chi connectivity index (χ1) is 11.0. The SMILES string of the molecule is NCC(NS(=O)(=O)c1c[nH]c2nccc(Cl)c12)C1CCCCC1. The summed E-state index contributed by atoms with van der Waals surface area (Å²) in [5, 5.41) is 0.777. The first-order valence-corrected chi connectivity index (χ1v) is 9.73. The van der Waals surface area contributed by atoms with Crippen LogP contribution in [0.3, 0.4) is 0 Å². The van der Waals surface area contributed by atoms with Crippen LogP contribution in [0.15, 0.2) is 23.4 Å². The fourth-order valence-corrected chi connectivity index (χ4v) is 5.14. The standard InChI is InChI=1S/C15H21ClN4O2S/c16-11-6-7-18-15-14(11)13(9-19-15)23(21,22)20-12(8-17)10-4-2-1-3-5-10/h6-7,9-10,12,20H,1-5,8,17H2,(H,18,19). The van der Waals surface area contributed by atoms with Crippen molar-refractivity contribution in [2.24, 2.45) is 11.7 Å². The average molecular weight is 357 g/mol. The largest absolute Gasteiger partial charge is 0.345 e. The monoisotopic (exact) mass is 356 g/mol. The summed E-state index contributed by atoms with van der Waals surface area (Å²) in [6.07, 6.45) is 8.47. The summed E-state index contributed by atoms with van der Waals surface area (Å²) >= 11 is 6.15. The number of rotatable bonds is 5. The molecule has 126 valence electrons. The van der Waals surface area contributed by atoms with Crippen molar-refractivity contribution in [2.75, 3.05) is 6.54 Å². The van der Waals surface area contributed by atoms with Crippen molar-refractivity contribution in [1.82, 2.24) is 14.7 Å². The summed E-state index contributed by atoms with van der Waals surface area (Å²) in [4.78, 5) is 7.09. The van der Waals surface area contributed by atoms with Gasteiger partial charge in [0.2, 0.25) is 10.0 Å². The molecule has 4 N–H and O–H groups in total. The summed E-state index contributed by atoms with van der Waals surface area (Å²) in [5.74, 6) is 0.294. The molecule has 0 saturated heterocycles. The van der Waals surface area contributed by atoms with Crippen LogP contribution in [0.25, 0.3) is 11.0 Å². The summed E-state index contributed by atoms with van der Waals surface area (Å²) in [6, 6.07) is 1.33. The van der Waals surface area contributed by atoms with Crippen molar-refractivity contribution in [3.05, 3.63) is 23.5 Å². The van der Waals surface area contributed by atoms with Crippen molar-refractivity contribution >= 4 is 32.7 Å². The quantitative estimate of drug-likeness (QED) is 0.765. The zero-order valence-corrected chi connectivity index (χ0v) is 14.3. The molecule has 6 nitrogen and oxygen atoms in total. The van der Waals surface area contributed by atoms with Gasteiger partial charge in [-0.25, -0.2) is 18.1 Å². The van der Waals surface area contributed by atoms with Gasteiger partial charge in [0.05, 0.1) is 10.4 Å². The van der Waals surface area contributed by atoms with Crippen LogP contribution in [-0.2, 0) is 10.0 Å². The van der Waals surface area contributed by atoms with Crippen molar-refractivity contribution in [3.63, 3.8) is 0 Å². The number of nitrogens with one attached hydrogen (secondary N) is 2. The third kappa shape index (κ3) is 3.38. The third-order valence-corrected chi connectivity index (χ3v) is 6.38. The van der Waals surface area contributed by atoms with E-state index in [1.165, 1.54) is 18.8 Å². The lowest BCUT2D eigenvalue weighted by Crippen LogP contribution is -2.45. The fraction of sp³-hybridized carbons (Fsp3) is 0.533. The molecular weight excluding hydrogens is 336 g/mol. The number of nitrogens with two attached hydrogens (primary N) is 1. The van der Waals surface area contributed by atoms with E-state index in [2.05, 4.69) is 14.7 Å². The van der Waals surface area contributed by atoms with Crippen LogP contribution in [0.4, 0.5) is 0 Å². The number of aromatic amines is 1. The van der Waals surface area contributed by atoms with Crippen molar-refractivity contribution in [1.29, 1.82) is 0 Å². The zero-order valence-electron chi connectivity index (χ0n) is 12.8. The first-order valence-electron chi connectivity index (χ1n) is 7.87. The lowest BCUT2D eigenvalue weighted by molar-refractivity contribution is 0.294. The Labute approximate surface area is 140 Å². The van der Waals surface area contributed by atoms with Gasteiger partial charge in [0.25, 0.3) is 0 Å². The molecule has 1 aliphatic rings. The highest BCUT2D eigenvalue weighted by molar-refractivity contribution is 7.89. The van der Waals surface area contributed by atoms with Gasteiger partial charge in [0.15, 0.2) is 0 Å². The Morgan fingerprint density at radius 3 is 2.83 bits per heavy atom. The lowest BCUT2D eigenvalue weighted by Gasteiger charge is -2.29. The molecule has 8 heteroatoms. The van der Waals surface area contributed by atoms with Gasteiger partial charge in [-0.3, -0.25) is 0 Å². The molecular formula is C15H21ClN4O2S. The summed E-state index contributed by atoms with van der Waals surface area (Å²) in [7, 11) is -3.71. The molecule has 0 amide bonds. The molecule has 2 aromatic heterocycles. The van der Waals surface area contributed by atoms with E-state index in [0.29, 0.717) is 22.0 Å². The minimum Gasteiger partial charge on any atom is -0.345 e. The van der Waals surface area contributed by atoms with Crippen molar-refractivity contribution in [2.45, 2.75) is 43.0 Å². The minimum absolute atomic E-state index is 0.125. The first kappa shape index (κ1) is 16.7. The Morgan fingerprint density at radius 1 is 1.39 bits per heavy atom. The van der Waals surface area contributed by atoms with Crippen LogP contribution in [0.5, 0.6) is 0 Å². The van der Waals surface area contributed by atoms with Crippen LogP contribution in [0, 0.1) is 5.92 Å². The van der Waals surface area contributed by atoms with E-state index < -0.39 is 10.0 Å². The van der Waals surface area contributed by atoms with Gasteiger partial charge < -0.3 is 10.7 Å². The van der Waals surface area contributed by atoms with Crippen LogP contribution >= 0.6 is 11.6 Å². The Bertz CT molecular complexity index is 784. The molecule has 0 radical (unpaired) electrons. The molecule has 23 heavy (non-hydrogen) atoms. The molecule has 0 bridgehead atoms. The highest BCUT2D eigenvalue weighted by atomic mass is 35.5. The Morgan fingerprint density at radius 2 is 2.13 bits per heavy atom. The zero-order chi connectivity index (χ0) is 16.4. The van der Waals surface area contributed by atoms with Crippen LogP contribution in [0.2, 0.25) is 5.02 Å². The Kier molecular flexibility index (Phi) is 4.91. The fourth-order valence-electron chi connectivity index (χ4n) is 3.34. The molecule has 2 aromatic rings. The number of aromatic nitrogens is 2. The van der Waals surface area contributed by atoms with E-state index >= 15 is 0 Å². The predicted molar refractivity (Wildman–Crippen MR) is 90.8 cm³/mol. The van der Waals surface area contributed by atoms with Crippen LogP contribution in [0.1, 0.15) is 32.1 Å². The lowest BCUT2D eigenvalue weighted by atomic mass is 9.84. The maximum Gasteiger partial charge on any atom is 0.243 e. The van der Waals surface area contributed by atoms with Gasteiger partial charge in [-0.1, -0.05) is 30.9 Å². The van der Waals surface area contributed by atoms with E-state index in [4.69, 9.17) is 17.3 Å². The van der Waals surface area contributed by atoms with E-state index in [9.17, 15) is 8.42 Å². The number of sulfonamides is 1. The summed E-state index contributed by atoms with van der Waals surface area (Å²) < 4.78 is 28.4.